The molecule has 0 radical (unpaired) electrons. The molecule has 0 heterocycles. The Morgan fingerprint density at radius 1 is 1.33 bits per heavy atom. The van der Waals surface area contributed by atoms with Gasteiger partial charge >= 0.3 is 5.97 Å². The number of amides is 1. The van der Waals surface area contributed by atoms with Crippen LogP contribution in [0, 0.1) is 0 Å². The molecule has 0 aromatic heterocycles. The summed E-state index contributed by atoms with van der Waals surface area (Å²) in [7, 11) is 0. The number of halogens is 1. The minimum atomic E-state index is -1.07. The lowest BCUT2D eigenvalue weighted by molar-refractivity contribution is 0.0697. The molecule has 0 spiro atoms. The third-order valence-corrected chi connectivity index (χ3v) is 2.60. The highest BCUT2D eigenvalue weighted by Gasteiger charge is 2.11. The van der Waals surface area contributed by atoms with Crippen molar-refractivity contribution in [3.8, 4) is 0 Å². The number of carbonyl (C=O) groups excluding carboxylic acids is 1. The van der Waals surface area contributed by atoms with Crippen LogP contribution in [-0.4, -0.2) is 36.7 Å². The molecule has 18 heavy (non-hydrogen) atoms. The van der Waals surface area contributed by atoms with Gasteiger partial charge in [0.2, 0.25) is 0 Å². The van der Waals surface area contributed by atoms with Gasteiger partial charge in [-0.15, -0.1) is 0 Å². The second-order valence-corrected chi connectivity index (χ2v) is 4.40. The Kier molecular flexibility index (Phi) is 5.80. The van der Waals surface area contributed by atoms with Gasteiger partial charge in [0, 0.05) is 23.2 Å². The van der Waals surface area contributed by atoms with E-state index in [1.165, 1.54) is 12.1 Å². The van der Waals surface area contributed by atoms with Crippen molar-refractivity contribution in [1.29, 1.82) is 0 Å². The van der Waals surface area contributed by atoms with Gasteiger partial charge in [0.15, 0.2) is 0 Å². The van der Waals surface area contributed by atoms with Crippen molar-refractivity contribution >= 4 is 27.8 Å². The zero-order valence-electron chi connectivity index (χ0n) is 9.90. The van der Waals surface area contributed by atoms with Crippen LogP contribution in [-0.2, 0) is 4.74 Å². The molecule has 6 heteroatoms. The maximum absolute atomic E-state index is 11.8. The quantitative estimate of drug-likeness (QED) is 0.786. The number of ether oxygens (including phenoxy) is 1. The number of hydrogen-bond donors (Lipinski definition) is 2. The number of carbonyl (C=O) groups is 2. The Morgan fingerprint density at radius 2 is 2.00 bits per heavy atom. The van der Waals surface area contributed by atoms with Gasteiger partial charge in [-0.25, -0.2) is 4.79 Å². The lowest BCUT2D eigenvalue weighted by Gasteiger charge is -2.06. The summed E-state index contributed by atoms with van der Waals surface area (Å²) in [6, 6.07) is 4.35. The maximum atomic E-state index is 11.8. The first-order valence-electron chi connectivity index (χ1n) is 5.44. The number of benzene rings is 1. The molecule has 5 nitrogen and oxygen atoms in total. The van der Waals surface area contributed by atoms with Crippen molar-refractivity contribution in [2.75, 3.05) is 19.8 Å². The van der Waals surface area contributed by atoms with E-state index in [4.69, 9.17) is 9.84 Å². The van der Waals surface area contributed by atoms with E-state index in [1.807, 2.05) is 6.92 Å². The minimum Gasteiger partial charge on any atom is -0.478 e. The molecular formula is C12H14BrNO4. The van der Waals surface area contributed by atoms with Crippen LogP contribution in [0.1, 0.15) is 27.6 Å². The molecule has 0 saturated carbocycles. The largest absolute Gasteiger partial charge is 0.478 e. The molecule has 1 amide bonds. The fraction of sp³-hybridized carbons (Fsp3) is 0.333. The van der Waals surface area contributed by atoms with Crippen LogP contribution in [0.25, 0.3) is 0 Å². The van der Waals surface area contributed by atoms with Gasteiger partial charge < -0.3 is 15.2 Å². The second kappa shape index (κ2) is 7.13. The fourth-order valence-electron chi connectivity index (χ4n) is 1.33. The van der Waals surface area contributed by atoms with Gasteiger partial charge in [-0.3, -0.25) is 4.79 Å². The molecule has 0 aliphatic rings. The second-order valence-electron chi connectivity index (χ2n) is 3.49. The highest BCUT2D eigenvalue weighted by atomic mass is 79.9. The number of carboxylic acids is 1. The third-order valence-electron chi connectivity index (χ3n) is 2.14. The number of carboxylic acid groups (broad SMARTS) is 1. The van der Waals surface area contributed by atoms with E-state index in [9.17, 15) is 9.59 Å². The van der Waals surface area contributed by atoms with E-state index in [0.29, 0.717) is 29.8 Å². The van der Waals surface area contributed by atoms with Crippen molar-refractivity contribution in [2.24, 2.45) is 0 Å². The first-order valence-corrected chi connectivity index (χ1v) is 6.23. The third kappa shape index (κ3) is 4.46. The smallest absolute Gasteiger partial charge is 0.335 e. The minimum absolute atomic E-state index is 0.0688. The van der Waals surface area contributed by atoms with E-state index in [0.717, 1.165) is 0 Å². The van der Waals surface area contributed by atoms with Gasteiger partial charge in [0.05, 0.1) is 12.2 Å². The number of hydrogen-bond acceptors (Lipinski definition) is 3. The Morgan fingerprint density at radius 3 is 2.61 bits per heavy atom. The van der Waals surface area contributed by atoms with Gasteiger partial charge in [-0.05, 0) is 25.1 Å². The standard InChI is InChI=1S/C12H14BrNO4/c1-2-18-4-3-14-11(15)8-5-9(12(16)17)7-10(13)6-8/h5-7H,2-4H2,1H3,(H,14,15)(H,16,17). The van der Waals surface area contributed by atoms with Crippen LogP contribution in [0.5, 0.6) is 0 Å². The normalized spacial score (nSPS) is 10.1. The summed E-state index contributed by atoms with van der Waals surface area (Å²) in [6.07, 6.45) is 0. The summed E-state index contributed by atoms with van der Waals surface area (Å²) in [6.45, 7) is 3.29. The van der Waals surface area contributed by atoms with Gasteiger partial charge in [-0.2, -0.15) is 0 Å². The molecule has 0 saturated heterocycles. The Hall–Kier alpha value is -1.40. The monoisotopic (exact) mass is 315 g/mol. The Balaban J connectivity index is 2.70. The first-order chi connectivity index (χ1) is 8.54. The van der Waals surface area contributed by atoms with E-state index in [1.54, 1.807) is 6.07 Å². The summed E-state index contributed by atoms with van der Waals surface area (Å²) >= 11 is 3.17. The van der Waals surface area contributed by atoms with Crippen molar-refractivity contribution < 1.29 is 19.4 Å². The van der Waals surface area contributed by atoms with Crippen LogP contribution in [0.15, 0.2) is 22.7 Å². The van der Waals surface area contributed by atoms with E-state index < -0.39 is 5.97 Å². The predicted octanol–water partition coefficient (Wildman–Crippen LogP) is 1.91. The molecule has 0 unspecified atom stereocenters. The SMILES string of the molecule is CCOCCNC(=O)c1cc(Br)cc(C(=O)O)c1. The lowest BCUT2D eigenvalue weighted by atomic mass is 10.1. The highest BCUT2D eigenvalue weighted by Crippen LogP contribution is 2.16. The number of rotatable bonds is 6. The van der Waals surface area contributed by atoms with Crippen LogP contribution < -0.4 is 5.32 Å². The Bertz CT molecular complexity index is 448. The van der Waals surface area contributed by atoms with Crippen LogP contribution in [0.3, 0.4) is 0 Å². The van der Waals surface area contributed by atoms with Gasteiger partial charge in [-0.1, -0.05) is 15.9 Å². The van der Waals surface area contributed by atoms with Crippen LogP contribution >= 0.6 is 15.9 Å². The Labute approximate surface area is 113 Å². The highest BCUT2D eigenvalue weighted by molar-refractivity contribution is 9.10. The van der Waals surface area contributed by atoms with Gasteiger partial charge in [0.1, 0.15) is 0 Å². The average Bonchev–Trinajstić information content (AvgIpc) is 2.33. The molecule has 0 bridgehead atoms. The zero-order valence-corrected chi connectivity index (χ0v) is 11.5. The molecule has 0 fully saturated rings. The summed E-state index contributed by atoms with van der Waals surface area (Å²) < 4.78 is 5.64. The van der Waals surface area contributed by atoms with E-state index in [2.05, 4.69) is 21.2 Å². The summed E-state index contributed by atoms with van der Waals surface area (Å²) in [5.74, 6) is -1.39. The number of nitrogens with one attached hydrogen (secondary N) is 1. The van der Waals surface area contributed by atoms with Crippen molar-refractivity contribution in [2.45, 2.75) is 6.92 Å². The van der Waals surface area contributed by atoms with Crippen molar-refractivity contribution in [1.82, 2.24) is 5.32 Å². The number of aromatic carboxylic acids is 1. The molecule has 1 aromatic carbocycles. The topological polar surface area (TPSA) is 75.6 Å². The predicted molar refractivity (Wildman–Crippen MR) is 69.9 cm³/mol. The molecule has 98 valence electrons. The molecule has 0 aliphatic heterocycles. The average molecular weight is 316 g/mol. The summed E-state index contributed by atoms with van der Waals surface area (Å²) in [5.41, 5.74) is 0.373. The maximum Gasteiger partial charge on any atom is 0.335 e. The van der Waals surface area contributed by atoms with E-state index in [-0.39, 0.29) is 11.5 Å². The molecule has 1 rings (SSSR count). The molecule has 0 atom stereocenters. The van der Waals surface area contributed by atoms with Crippen LogP contribution in [0.4, 0.5) is 0 Å². The van der Waals surface area contributed by atoms with Crippen molar-refractivity contribution in [3.63, 3.8) is 0 Å². The summed E-state index contributed by atoms with van der Waals surface area (Å²) in [5, 5.41) is 11.5. The molecule has 0 aliphatic carbocycles. The van der Waals surface area contributed by atoms with Gasteiger partial charge in [0.25, 0.3) is 5.91 Å². The van der Waals surface area contributed by atoms with E-state index >= 15 is 0 Å². The first kappa shape index (κ1) is 14.7. The van der Waals surface area contributed by atoms with Crippen LogP contribution in [0.2, 0.25) is 0 Å². The molecule has 1 aromatic rings. The lowest BCUT2D eigenvalue weighted by Crippen LogP contribution is -2.27. The zero-order chi connectivity index (χ0) is 13.5. The van der Waals surface area contributed by atoms with Crippen molar-refractivity contribution in [3.05, 3.63) is 33.8 Å². The fourth-order valence-corrected chi connectivity index (χ4v) is 1.82. The molecular weight excluding hydrogens is 302 g/mol. The molecule has 2 N–H and O–H groups in total. The summed E-state index contributed by atoms with van der Waals surface area (Å²) in [4.78, 5) is 22.6.